The van der Waals surface area contributed by atoms with Gasteiger partial charge in [-0.2, -0.15) is 0 Å². The maximum atomic E-state index is 12.3. The van der Waals surface area contributed by atoms with Gasteiger partial charge in [-0.1, -0.05) is 45.4 Å². The van der Waals surface area contributed by atoms with Crippen LogP contribution in [-0.2, 0) is 14.3 Å². The quantitative estimate of drug-likeness (QED) is 0.349. The summed E-state index contributed by atoms with van der Waals surface area (Å²) in [6.07, 6.45) is 8.18. The van der Waals surface area contributed by atoms with Crippen molar-refractivity contribution in [2.24, 2.45) is 5.92 Å². The molecule has 0 fully saturated rings. The summed E-state index contributed by atoms with van der Waals surface area (Å²) in [4.78, 5) is 23.2. The van der Waals surface area contributed by atoms with E-state index >= 15 is 0 Å². The fourth-order valence-electron chi connectivity index (χ4n) is 2.73. The highest BCUT2D eigenvalue weighted by Crippen LogP contribution is 2.20. The fourth-order valence-corrected chi connectivity index (χ4v) is 2.73. The molecule has 0 spiro atoms. The molecule has 0 rings (SSSR count). The Morgan fingerprint density at radius 3 is 2.33 bits per heavy atom. The largest absolute Gasteiger partial charge is 0.487 e. The van der Waals surface area contributed by atoms with E-state index in [2.05, 4.69) is 25.7 Å². The van der Waals surface area contributed by atoms with Crippen LogP contribution in [0.3, 0.4) is 0 Å². The van der Waals surface area contributed by atoms with Crippen LogP contribution in [0.2, 0.25) is 0 Å². The van der Waals surface area contributed by atoms with Crippen LogP contribution in [0, 0.1) is 5.92 Å². The molecule has 0 saturated heterocycles. The Kier molecular flexibility index (Phi) is 11.4. The first-order chi connectivity index (χ1) is 12.5. The van der Waals surface area contributed by atoms with Gasteiger partial charge in [-0.25, -0.2) is 0 Å². The molecule has 1 amide bonds. The Morgan fingerprint density at radius 2 is 1.85 bits per heavy atom. The SMILES string of the molecule is C=C/C(=C\C=C(/CC)CC(=O)NC(C)CC(C)CC)OC(C)(C)CC(=O)O. The van der Waals surface area contributed by atoms with Crippen molar-refractivity contribution in [3.63, 3.8) is 0 Å². The van der Waals surface area contributed by atoms with Crippen molar-refractivity contribution in [2.45, 2.75) is 85.3 Å². The van der Waals surface area contributed by atoms with Crippen molar-refractivity contribution in [3.8, 4) is 0 Å². The average molecular weight is 380 g/mol. The zero-order valence-corrected chi connectivity index (χ0v) is 17.8. The molecule has 5 heteroatoms. The van der Waals surface area contributed by atoms with E-state index in [0.29, 0.717) is 18.1 Å². The van der Waals surface area contributed by atoms with Crippen molar-refractivity contribution in [3.05, 3.63) is 36.1 Å². The average Bonchev–Trinajstić information content (AvgIpc) is 2.55. The molecule has 0 aliphatic rings. The molecule has 0 aromatic rings. The number of allylic oxidation sites excluding steroid dienone is 3. The van der Waals surface area contributed by atoms with Crippen LogP contribution >= 0.6 is 0 Å². The van der Waals surface area contributed by atoms with Crippen LogP contribution in [0.1, 0.15) is 73.6 Å². The minimum absolute atomic E-state index is 0.0135. The van der Waals surface area contributed by atoms with E-state index in [1.54, 1.807) is 26.0 Å². The molecule has 2 unspecified atom stereocenters. The van der Waals surface area contributed by atoms with Gasteiger partial charge >= 0.3 is 5.97 Å². The molecule has 0 radical (unpaired) electrons. The maximum absolute atomic E-state index is 12.3. The van der Waals surface area contributed by atoms with Gasteiger partial charge in [-0.3, -0.25) is 9.59 Å². The van der Waals surface area contributed by atoms with Gasteiger partial charge in [0.05, 0.1) is 6.42 Å². The molecule has 2 N–H and O–H groups in total. The summed E-state index contributed by atoms with van der Waals surface area (Å²) in [5.41, 5.74) is 0.136. The van der Waals surface area contributed by atoms with Crippen molar-refractivity contribution >= 4 is 11.9 Å². The first kappa shape index (κ1) is 25.0. The van der Waals surface area contributed by atoms with Gasteiger partial charge in [-0.05, 0) is 51.7 Å². The zero-order chi connectivity index (χ0) is 21.0. The number of hydrogen-bond donors (Lipinski definition) is 2. The van der Waals surface area contributed by atoms with Gasteiger partial charge in [0.2, 0.25) is 5.91 Å². The lowest BCUT2D eigenvalue weighted by Crippen LogP contribution is -2.33. The topological polar surface area (TPSA) is 75.6 Å². The molecule has 2 atom stereocenters. The minimum atomic E-state index is -0.920. The van der Waals surface area contributed by atoms with Crippen LogP contribution in [0.4, 0.5) is 0 Å². The number of carboxylic acid groups (broad SMARTS) is 1. The van der Waals surface area contributed by atoms with Crippen LogP contribution in [0.15, 0.2) is 36.1 Å². The first-order valence-corrected chi connectivity index (χ1v) is 9.75. The summed E-state index contributed by atoms with van der Waals surface area (Å²) in [6.45, 7) is 15.5. The van der Waals surface area contributed by atoms with E-state index in [1.165, 1.54) is 0 Å². The predicted octanol–water partition coefficient (Wildman–Crippen LogP) is 4.99. The van der Waals surface area contributed by atoms with Gasteiger partial charge in [0.25, 0.3) is 0 Å². The zero-order valence-electron chi connectivity index (χ0n) is 17.8. The summed E-state index contributed by atoms with van der Waals surface area (Å²) in [6, 6.07) is 0.157. The van der Waals surface area contributed by atoms with E-state index in [9.17, 15) is 9.59 Å². The maximum Gasteiger partial charge on any atom is 0.307 e. The van der Waals surface area contributed by atoms with Crippen molar-refractivity contribution in [1.82, 2.24) is 5.32 Å². The van der Waals surface area contributed by atoms with Crippen molar-refractivity contribution in [1.29, 1.82) is 0 Å². The number of nitrogens with one attached hydrogen (secondary N) is 1. The summed E-state index contributed by atoms with van der Waals surface area (Å²) >= 11 is 0. The number of carboxylic acids is 1. The number of rotatable bonds is 13. The van der Waals surface area contributed by atoms with Crippen LogP contribution in [0.25, 0.3) is 0 Å². The van der Waals surface area contributed by atoms with Gasteiger partial charge in [0.1, 0.15) is 11.4 Å². The molecule has 0 aliphatic carbocycles. The third kappa shape index (κ3) is 12.1. The molecular weight excluding hydrogens is 342 g/mol. The molecule has 27 heavy (non-hydrogen) atoms. The van der Waals surface area contributed by atoms with Crippen LogP contribution in [-0.4, -0.2) is 28.6 Å². The number of amides is 1. The summed E-state index contributed by atoms with van der Waals surface area (Å²) in [5.74, 6) is 0.166. The lowest BCUT2D eigenvalue weighted by Gasteiger charge is -2.25. The molecule has 0 aliphatic heterocycles. The minimum Gasteiger partial charge on any atom is -0.487 e. The first-order valence-electron chi connectivity index (χ1n) is 9.75. The van der Waals surface area contributed by atoms with E-state index in [4.69, 9.17) is 9.84 Å². The van der Waals surface area contributed by atoms with Crippen LogP contribution in [0.5, 0.6) is 0 Å². The Bertz CT molecular complexity index is 561. The highest BCUT2D eigenvalue weighted by atomic mass is 16.5. The molecule has 0 aromatic carbocycles. The van der Waals surface area contributed by atoms with Gasteiger partial charge in [0.15, 0.2) is 0 Å². The van der Waals surface area contributed by atoms with Gasteiger partial charge < -0.3 is 15.2 Å². The highest BCUT2D eigenvalue weighted by molar-refractivity contribution is 5.78. The number of ether oxygens (including phenoxy) is 1. The third-order valence-electron chi connectivity index (χ3n) is 4.36. The molecule has 0 saturated carbocycles. The number of carbonyl (C=O) groups excluding carboxylic acids is 1. The number of aliphatic carboxylic acids is 1. The summed E-state index contributed by atoms with van der Waals surface area (Å²) < 4.78 is 5.74. The Balaban J connectivity index is 4.90. The fraction of sp³-hybridized carbons (Fsp3) is 0.636. The normalized spacial score (nSPS) is 15.0. The molecule has 0 heterocycles. The second-order valence-electron chi connectivity index (χ2n) is 7.78. The van der Waals surface area contributed by atoms with E-state index in [-0.39, 0.29) is 18.4 Å². The Labute approximate surface area is 164 Å². The monoisotopic (exact) mass is 379 g/mol. The standard InChI is InChI=1S/C22H37NO4/c1-8-16(4)13-17(5)23-20(24)14-18(9-2)11-12-19(10-3)27-22(6,7)15-21(25)26/h10-12,16-17H,3,8-9,13-15H2,1-2,4-7H3,(H,23,24)(H,25,26)/b18-11+,19-12+. The predicted molar refractivity (Wildman–Crippen MR) is 110 cm³/mol. The molecule has 0 aromatic heterocycles. The van der Waals surface area contributed by atoms with Gasteiger partial charge in [0, 0.05) is 12.5 Å². The lowest BCUT2D eigenvalue weighted by molar-refractivity contribution is -0.141. The van der Waals surface area contributed by atoms with E-state index in [0.717, 1.165) is 24.8 Å². The van der Waals surface area contributed by atoms with E-state index in [1.807, 2.05) is 19.9 Å². The second kappa shape index (κ2) is 12.4. The Hall–Kier alpha value is -2.04. The third-order valence-corrected chi connectivity index (χ3v) is 4.36. The lowest BCUT2D eigenvalue weighted by atomic mass is 10.00. The molecule has 154 valence electrons. The van der Waals surface area contributed by atoms with Crippen LogP contribution < -0.4 is 5.32 Å². The second-order valence-corrected chi connectivity index (χ2v) is 7.78. The van der Waals surface area contributed by atoms with Crippen molar-refractivity contribution < 1.29 is 19.4 Å². The Morgan fingerprint density at radius 1 is 1.22 bits per heavy atom. The highest BCUT2D eigenvalue weighted by Gasteiger charge is 2.23. The number of hydrogen-bond acceptors (Lipinski definition) is 3. The molecular formula is C22H37NO4. The van der Waals surface area contributed by atoms with Gasteiger partial charge in [-0.15, -0.1) is 0 Å². The summed E-state index contributed by atoms with van der Waals surface area (Å²) in [5, 5.41) is 12.0. The van der Waals surface area contributed by atoms with E-state index < -0.39 is 11.6 Å². The van der Waals surface area contributed by atoms with Crippen molar-refractivity contribution in [2.75, 3.05) is 0 Å². The molecule has 0 bridgehead atoms. The number of carbonyl (C=O) groups is 2. The summed E-state index contributed by atoms with van der Waals surface area (Å²) in [7, 11) is 0. The smallest absolute Gasteiger partial charge is 0.307 e. The molecule has 5 nitrogen and oxygen atoms in total.